The Kier molecular flexibility index (Phi) is 5.99. The minimum Gasteiger partial charge on any atom is -0.445 e. The normalized spacial score (nSPS) is 15.5. The zero-order chi connectivity index (χ0) is 21.3. The van der Waals surface area contributed by atoms with Gasteiger partial charge in [0.25, 0.3) is 5.69 Å². The van der Waals surface area contributed by atoms with Gasteiger partial charge in [0.1, 0.15) is 0 Å². The first-order valence-electron chi connectivity index (χ1n) is 8.15. The van der Waals surface area contributed by atoms with Crippen LogP contribution in [0.4, 0.5) is 5.69 Å². The van der Waals surface area contributed by atoms with E-state index in [1.165, 1.54) is 32.0 Å². The summed E-state index contributed by atoms with van der Waals surface area (Å²) >= 11 is 6.64. The second-order valence-corrected chi connectivity index (χ2v) is 7.63. The van der Waals surface area contributed by atoms with E-state index < -0.39 is 23.0 Å². The molecule has 3 rings (SSSR count). The Balaban J connectivity index is 2.01. The Hall–Kier alpha value is -2.79. The molecule has 0 N–H and O–H groups in total. The van der Waals surface area contributed by atoms with Crippen LogP contribution in [-0.2, 0) is 14.3 Å². The second kappa shape index (κ2) is 8.29. The highest BCUT2D eigenvalue weighted by molar-refractivity contribution is 9.11. The Morgan fingerprint density at radius 1 is 1.21 bits per heavy atom. The van der Waals surface area contributed by atoms with Crippen molar-refractivity contribution in [3.63, 3.8) is 0 Å². The van der Waals surface area contributed by atoms with Gasteiger partial charge in [-0.05, 0) is 50.1 Å². The molecule has 9 nitrogen and oxygen atoms in total. The fraction of sp³-hybridized carbons (Fsp3) is 0.167. The van der Waals surface area contributed by atoms with Crippen molar-refractivity contribution in [3.8, 4) is 5.75 Å². The van der Waals surface area contributed by atoms with E-state index in [9.17, 15) is 19.7 Å². The van der Waals surface area contributed by atoms with Gasteiger partial charge in [0, 0.05) is 25.5 Å². The number of carbonyl (C=O) groups is 2. The minimum atomic E-state index is -1.09. The van der Waals surface area contributed by atoms with Crippen LogP contribution < -0.4 is 4.74 Å². The third kappa shape index (κ3) is 4.30. The van der Waals surface area contributed by atoms with Crippen molar-refractivity contribution < 1.29 is 24.0 Å². The predicted molar refractivity (Wildman–Crippen MR) is 109 cm³/mol. The van der Waals surface area contributed by atoms with Gasteiger partial charge in [0.05, 0.1) is 19.4 Å². The van der Waals surface area contributed by atoms with Crippen LogP contribution in [0.1, 0.15) is 31.2 Å². The molecule has 1 amide bonds. The van der Waals surface area contributed by atoms with Crippen molar-refractivity contribution in [2.24, 2.45) is 5.10 Å². The van der Waals surface area contributed by atoms with Gasteiger partial charge in [-0.3, -0.25) is 19.7 Å². The van der Waals surface area contributed by atoms with E-state index in [-0.39, 0.29) is 22.9 Å². The predicted octanol–water partition coefficient (Wildman–Crippen LogP) is 4.28. The number of halogens is 2. The Morgan fingerprint density at radius 2 is 1.83 bits per heavy atom. The molecule has 29 heavy (non-hydrogen) atoms. The standard InChI is InChI=1S/C18H13Br2N3O6/c1-9(24)22-18(12-5-3-4-6-15(12)23(26)27)29-17(21-22)11-7-13(19)16(14(20)8-11)28-10(2)25/h3-8,18H,1-2H3/t18-/m1/s1. The number of ether oxygens (including phenoxy) is 2. The highest BCUT2D eigenvalue weighted by Gasteiger charge is 2.37. The van der Waals surface area contributed by atoms with Crippen molar-refractivity contribution in [2.45, 2.75) is 20.1 Å². The molecule has 0 radical (unpaired) electrons. The van der Waals surface area contributed by atoms with Gasteiger partial charge in [-0.25, -0.2) is 0 Å². The molecule has 0 bridgehead atoms. The van der Waals surface area contributed by atoms with E-state index in [1.807, 2.05) is 0 Å². The first kappa shape index (κ1) is 20.9. The topological polar surface area (TPSA) is 111 Å². The molecule has 0 saturated heterocycles. The lowest BCUT2D eigenvalue weighted by atomic mass is 10.1. The molecule has 0 aromatic heterocycles. The van der Waals surface area contributed by atoms with E-state index >= 15 is 0 Å². The third-order valence-corrected chi connectivity index (χ3v) is 5.04. The number of nitrogens with zero attached hydrogens (tertiary/aromatic N) is 3. The molecule has 0 saturated carbocycles. The summed E-state index contributed by atoms with van der Waals surface area (Å²) in [6, 6.07) is 9.17. The number of benzene rings is 2. The summed E-state index contributed by atoms with van der Waals surface area (Å²) in [5, 5.41) is 16.6. The first-order chi connectivity index (χ1) is 13.7. The van der Waals surface area contributed by atoms with E-state index in [0.29, 0.717) is 14.5 Å². The third-order valence-electron chi connectivity index (χ3n) is 3.86. The lowest BCUT2D eigenvalue weighted by Gasteiger charge is -2.19. The van der Waals surface area contributed by atoms with Gasteiger partial charge in [-0.15, -0.1) is 5.10 Å². The Labute approximate surface area is 181 Å². The molecule has 0 unspecified atom stereocenters. The molecule has 1 heterocycles. The van der Waals surface area contributed by atoms with E-state index in [2.05, 4.69) is 37.0 Å². The Bertz CT molecular complexity index is 1030. The van der Waals surface area contributed by atoms with Gasteiger partial charge in [-0.2, -0.15) is 5.01 Å². The number of hydrogen-bond donors (Lipinski definition) is 0. The van der Waals surface area contributed by atoms with Crippen LogP contribution >= 0.6 is 31.9 Å². The first-order valence-corrected chi connectivity index (χ1v) is 9.74. The number of nitro benzene ring substituents is 1. The molecule has 1 aliphatic heterocycles. The maximum Gasteiger partial charge on any atom is 0.308 e. The van der Waals surface area contributed by atoms with Gasteiger partial charge in [-0.1, -0.05) is 12.1 Å². The fourth-order valence-corrected chi connectivity index (χ4v) is 4.02. The Morgan fingerprint density at radius 3 is 2.38 bits per heavy atom. The maximum absolute atomic E-state index is 12.1. The number of nitro groups is 1. The summed E-state index contributed by atoms with van der Waals surface area (Å²) in [5.74, 6) is -0.580. The number of hydrazone groups is 1. The van der Waals surface area contributed by atoms with Crippen LogP contribution in [0.25, 0.3) is 0 Å². The molecular weight excluding hydrogens is 514 g/mol. The SMILES string of the molecule is CC(=O)Oc1c(Br)cc(C2=NN(C(C)=O)[C@@H](c3ccccc3[N+](=O)[O-])O2)cc1Br. The molecule has 1 aliphatic rings. The smallest absolute Gasteiger partial charge is 0.308 e. The van der Waals surface area contributed by atoms with E-state index in [1.54, 1.807) is 18.2 Å². The van der Waals surface area contributed by atoms with Crippen LogP contribution in [0.15, 0.2) is 50.4 Å². The van der Waals surface area contributed by atoms with Crippen LogP contribution in [0.3, 0.4) is 0 Å². The highest BCUT2D eigenvalue weighted by Crippen LogP contribution is 2.39. The summed E-state index contributed by atoms with van der Waals surface area (Å²) < 4.78 is 11.9. The molecule has 0 aliphatic carbocycles. The number of carbonyl (C=O) groups excluding carboxylic acids is 2. The fourth-order valence-electron chi connectivity index (χ4n) is 2.67. The number of amides is 1. The van der Waals surface area contributed by atoms with Crippen LogP contribution in [0, 0.1) is 10.1 Å². The maximum atomic E-state index is 12.1. The van der Waals surface area contributed by atoms with Crippen molar-refractivity contribution >= 4 is 55.3 Å². The van der Waals surface area contributed by atoms with Crippen molar-refractivity contribution in [1.29, 1.82) is 0 Å². The van der Waals surface area contributed by atoms with Gasteiger partial charge < -0.3 is 9.47 Å². The zero-order valence-electron chi connectivity index (χ0n) is 15.1. The molecule has 0 spiro atoms. The number of esters is 1. The molecule has 2 aromatic carbocycles. The summed E-state index contributed by atoms with van der Waals surface area (Å²) in [4.78, 5) is 34.2. The van der Waals surface area contributed by atoms with Crippen molar-refractivity contribution in [3.05, 3.63) is 66.6 Å². The highest BCUT2D eigenvalue weighted by atomic mass is 79.9. The monoisotopic (exact) mass is 525 g/mol. The van der Waals surface area contributed by atoms with Crippen LogP contribution in [-0.4, -0.2) is 27.7 Å². The van der Waals surface area contributed by atoms with Gasteiger partial charge >= 0.3 is 5.97 Å². The molecule has 150 valence electrons. The number of hydrogen-bond acceptors (Lipinski definition) is 7. The summed E-state index contributed by atoms with van der Waals surface area (Å²) in [6.07, 6.45) is -1.09. The van der Waals surface area contributed by atoms with Crippen molar-refractivity contribution in [1.82, 2.24) is 5.01 Å². The van der Waals surface area contributed by atoms with Crippen molar-refractivity contribution in [2.75, 3.05) is 0 Å². The minimum absolute atomic E-state index is 0.0825. The number of rotatable bonds is 4. The molecular formula is C18H13Br2N3O6. The average molecular weight is 527 g/mol. The lowest BCUT2D eigenvalue weighted by molar-refractivity contribution is -0.386. The molecule has 1 atom stereocenters. The summed E-state index contributed by atoms with van der Waals surface area (Å²) in [6.45, 7) is 2.56. The molecule has 0 fully saturated rings. The zero-order valence-corrected chi connectivity index (χ0v) is 18.3. The van der Waals surface area contributed by atoms with E-state index in [0.717, 1.165) is 5.01 Å². The lowest BCUT2D eigenvalue weighted by Crippen LogP contribution is -2.25. The summed E-state index contributed by atoms with van der Waals surface area (Å²) in [5.41, 5.74) is 0.473. The largest absolute Gasteiger partial charge is 0.445 e. The average Bonchev–Trinajstić information content (AvgIpc) is 3.10. The van der Waals surface area contributed by atoms with E-state index in [4.69, 9.17) is 9.47 Å². The number of para-hydroxylation sites is 1. The van der Waals surface area contributed by atoms with Gasteiger partial charge in [0.2, 0.25) is 18.0 Å². The molecule has 2 aromatic rings. The van der Waals surface area contributed by atoms with Crippen LogP contribution in [0.5, 0.6) is 5.75 Å². The second-order valence-electron chi connectivity index (χ2n) is 5.92. The van der Waals surface area contributed by atoms with Crippen LogP contribution in [0.2, 0.25) is 0 Å². The summed E-state index contributed by atoms with van der Waals surface area (Å²) in [7, 11) is 0. The quantitative estimate of drug-likeness (QED) is 0.254. The molecule has 11 heteroatoms. The van der Waals surface area contributed by atoms with Gasteiger partial charge in [0.15, 0.2) is 5.75 Å².